The smallest absolute Gasteiger partial charge is 0.300 e. The number of ether oxygens (including phenoxy) is 1. The van der Waals surface area contributed by atoms with E-state index in [-0.39, 0.29) is 16.7 Å². The first-order chi connectivity index (χ1) is 16.1. The van der Waals surface area contributed by atoms with Crippen LogP contribution in [-0.4, -0.2) is 23.4 Å². The van der Waals surface area contributed by atoms with Crippen molar-refractivity contribution in [2.24, 2.45) is 0 Å². The fourth-order valence-corrected chi connectivity index (χ4v) is 4.12. The number of nitrogens with zero attached hydrogens (tertiary/aromatic N) is 1. The van der Waals surface area contributed by atoms with Gasteiger partial charge in [0.1, 0.15) is 29.1 Å². The zero-order valence-electron chi connectivity index (χ0n) is 19.5. The molecule has 0 aliphatic carbocycles. The number of anilines is 1. The molecule has 1 unspecified atom stereocenters. The first-order valence-corrected chi connectivity index (χ1v) is 11.0. The number of aliphatic hydroxyl groups is 1. The van der Waals surface area contributed by atoms with Crippen molar-refractivity contribution >= 4 is 23.1 Å². The topological polar surface area (TPSA) is 80.0 Å². The number of hydrogen-bond donors (Lipinski definition) is 1. The average molecular weight is 464 g/mol. The Hall–Kier alpha value is -3.87. The molecule has 7 heteroatoms. The monoisotopic (exact) mass is 463 g/mol. The fraction of sp³-hybridized carbons (Fsp3) is 0.259. The molecule has 2 heterocycles. The number of halogens is 1. The van der Waals surface area contributed by atoms with E-state index in [1.807, 2.05) is 27.7 Å². The summed E-state index contributed by atoms with van der Waals surface area (Å²) in [6.45, 7) is 8.43. The Morgan fingerprint density at radius 2 is 1.82 bits per heavy atom. The summed E-state index contributed by atoms with van der Waals surface area (Å²) in [5.74, 6) is -1.50. The Labute approximate surface area is 197 Å². The normalized spacial score (nSPS) is 17.9. The Morgan fingerprint density at radius 1 is 1.12 bits per heavy atom. The second-order valence-corrected chi connectivity index (χ2v) is 9.05. The molecule has 176 valence electrons. The molecule has 6 nitrogen and oxygen atoms in total. The quantitative estimate of drug-likeness (QED) is 0.296. The molecular formula is C27H26FNO5. The first-order valence-electron chi connectivity index (χ1n) is 11.0. The van der Waals surface area contributed by atoms with E-state index in [1.54, 1.807) is 30.3 Å². The molecule has 0 radical (unpaired) electrons. The van der Waals surface area contributed by atoms with Crippen LogP contribution in [0.3, 0.4) is 0 Å². The molecule has 4 rings (SSSR count). The van der Waals surface area contributed by atoms with Gasteiger partial charge in [0.05, 0.1) is 18.4 Å². The van der Waals surface area contributed by atoms with Crippen LogP contribution < -0.4 is 9.64 Å². The molecule has 1 amide bonds. The van der Waals surface area contributed by atoms with Gasteiger partial charge in [0, 0.05) is 16.8 Å². The molecule has 3 aromatic rings. The number of carbonyl (C=O) groups excluding carboxylic acids is 2. The van der Waals surface area contributed by atoms with Crippen molar-refractivity contribution in [1.82, 2.24) is 0 Å². The molecule has 1 saturated heterocycles. The standard InChI is InChI=1S/C27H26FNO5/c1-5-33-20-13-8-16(15-19(20)27(2,3)4)24(30)22-23(21-7-6-14-34-21)29(26(32)25(22)31)18-11-9-17(28)10-12-18/h6-15,23,30H,5H2,1-4H3/b24-22-. The summed E-state index contributed by atoms with van der Waals surface area (Å²) in [5.41, 5.74) is 1.13. The second kappa shape index (κ2) is 8.82. The van der Waals surface area contributed by atoms with Crippen molar-refractivity contribution in [3.8, 4) is 5.75 Å². The van der Waals surface area contributed by atoms with E-state index in [9.17, 15) is 19.1 Å². The largest absolute Gasteiger partial charge is 0.507 e. The van der Waals surface area contributed by atoms with Gasteiger partial charge in [0.15, 0.2) is 0 Å². The average Bonchev–Trinajstić information content (AvgIpc) is 3.41. The molecule has 1 aliphatic rings. The summed E-state index contributed by atoms with van der Waals surface area (Å²) >= 11 is 0. The summed E-state index contributed by atoms with van der Waals surface area (Å²) in [4.78, 5) is 27.5. The summed E-state index contributed by atoms with van der Waals surface area (Å²) < 4.78 is 24.8. The highest BCUT2D eigenvalue weighted by molar-refractivity contribution is 6.51. The van der Waals surface area contributed by atoms with Gasteiger partial charge >= 0.3 is 0 Å². The van der Waals surface area contributed by atoms with Gasteiger partial charge in [-0.25, -0.2) is 4.39 Å². The third-order valence-electron chi connectivity index (χ3n) is 5.72. The first kappa shape index (κ1) is 23.3. The minimum absolute atomic E-state index is 0.103. The van der Waals surface area contributed by atoms with Gasteiger partial charge in [-0.15, -0.1) is 0 Å². The van der Waals surface area contributed by atoms with Crippen molar-refractivity contribution in [1.29, 1.82) is 0 Å². The number of rotatable bonds is 5. The summed E-state index contributed by atoms with van der Waals surface area (Å²) in [6, 6.07) is 12.6. The lowest BCUT2D eigenvalue weighted by molar-refractivity contribution is -0.132. The number of benzene rings is 2. The summed E-state index contributed by atoms with van der Waals surface area (Å²) in [5, 5.41) is 11.3. The van der Waals surface area contributed by atoms with Crippen LogP contribution in [0.1, 0.15) is 50.6 Å². The van der Waals surface area contributed by atoms with Gasteiger partial charge in [-0.05, 0) is 66.9 Å². The minimum Gasteiger partial charge on any atom is -0.507 e. The molecule has 1 aromatic heterocycles. The van der Waals surface area contributed by atoms with Crippen LogP contribution in [0.2, 0.25) is 0 Å². The van der Waals surface area contributed by atoms with Crippen LogP contribution >= 0.6 is 0 Å². The molecule has 34 heavy (non-hydrogen) atoms. The maximum absolute atomic E-state index is 13.5. The van der Waals surface area contributed by atoms with E-state index in [2.05, 4.69) is 0 Å². The molecule has 2 aromatic carbocycles. The number of ketones is 1. The Balaban J connectivity index is 1.91. The van der Waals surface area contributed by atoms with Gasteiger partial charge in [-0.1, -0.05) is 20.8 Å². The van der Waals surface area contributed by atoms with Gasteiger partial charge in [0.25, 0.3) is 11.7 Å². The molecule has 1 atom stereocenters. The van der Waals surface area contributed by atoms with Crippen molar-refractivity contribution in [2.75, 3.05) is 11.5 Å². The second-order valence-electron chi connectivity index (χ2n) is 9.05. The van der Waals surface area contributed by atoms with Crippen LogP contribution in [0.5, 0.6) is 5.75 Å². The van der Waals surface area contributed by atoms with Crippen LogP contribution in [0, 0.1) is 5.82 Å². The maximum Gasteiger partial charge on any atom is 0.300 e. The van der Waals surface area contributed by atoms with E-state index < -0.39 is 23.5 Å². The van der Waals surface area contributed by atoms with Crippen LogP contribution in [0.15, 0.2) is 70.9 Å². The fourth-order valence-electron chi connectivity index (χ4n) is 4.12. The lowest BCUT2D eigenvalue weighted by Gasteiger charge is -2.25. The maximum atomic E-state index is 13.5. The van der Waals surface area contributed by atoms with Crippen LogP contribution in [0.4, 0.5) is 10.1 Å². The third kappa shape index (κ3) is 4.09. The summed E-state index contributed by atoms with van der Waals surface area (Å²) in [7, 11) is 0. The SMILES string of the molecule is CCOc1ccc(/C(O)=C2/C(=O)C(=O)N(c3ccc(F)cc3)C2c2ccco2)cc1C(C)(C)C. The van der Waals surface area contributed by atoms with Crippen LogP contribution in [-0.2, 0) is 15.0 Å². The number of aliphatic hydroxyl groups excluding tert-OH is 1. The minimum atomic E-state index is -1.01. The third-order valence-corrected chi connectivity index (χ3v) is 5.72. The van der Waals surface area contributed by atoms with Gasteiger partial charge in [-0.2, -0.15) is 0 Å². The zero-order valence-corrected chi connectivity index (χ0v) is 19.5. The highest BCUT2D eigenvalue weighted by Crippen LogP contribution is 2.43. The van der Waals surface area contributed by atoms with Crippen molar-refractivity contribution in [2.45, 2.75) is 39.2 Å². The van der Waals surface area contributed by atoms with Crippen molar-refractivity contribution < 1.29 is 28.2 Å². The molecule has 1 aliphatic heterocycles. The number of carbonyl (C=O) groups is 2. The Morgan fingerprint density at radius 3 is 2.41 bits per heavy atom. The lowest BCUT2D eigenvalue weighted by Crippen LogP contribution is -2.29. The van der Waals surface area contributed by atoms with Gasteiger partial charge in [0.2, 0.25) is 0 Å². The Bertz CT molecular complexity index is 1250. The Kier molecular flexibility index (Phi) is 6.04. The molecule has 1 fully saturated rings. The molecule has 0 bridgehead atoms. The van der Waals surface area contributed by atoms with Crippen molar-refractivity contribution in [3.63, 3.8) is 0 Å². The van der Waals surface area contributed by atoms with E-state index >= 15 is 0 Å². The number of amides is 1. The highest BCUT2D eigenvalue weighted by Gasteiger charge is 2.48. The number of hydrogen-bond acceptors (Lipinski definition) is 5. The van der Waals surface area contributed by atoms with Crippen molar-refractivity contribution in [3.05, 3.63) is 89.1 Å². The van der Waals surface area contributed by atoms with E-state index in [0.717, 1.165) is 5.56 Å². The van der Waals surface area contributed by atoms with Gasteiger partial charge < -0.3 is 14.3 Å². The molecule has 0 saturated carbocycles. The predicted octanol–water partition coefficient (Wildman–Crippen LogP) is 5.74. The molecule has 0 spiro atoms. The van der Waals surface area contributed by atoms with E-state index in [0.29, 0.717) is 29.4 Å². The van der Waals surface area contributed by atoms with E-state index in [1.165, 1.54) is 35.4 Å². The zero-order chi connectivity index (χ0) is 24.6. The van der Waals surface area contributed by atoms with Crippen LogP contribution in [0.25, 0.3) is 5.76 Å². The van der Waals surface area contributed by atoms with Gasteiger partial charge in [-0.3, -0.25) is 14.5 Å². The number of Topliss-reactive ketones (excluding diaryl/α,β-unsaturated/α-hetero) is 1. The van der Waals surface area contributed by atoms with E-state index in [4.69, 9.17) is 9.15 Å². The summed E-state index contributed by atoms with van der Waals surface area (Å²) in [6.07, 6.45) is 1.43. The number of furan rings is 1. The molecule has 1 N–H and O–H groups in total. The predicted molar refractivity (Wildman–Crippen MR) is 126 cm³/mol. The lowest BCUT2D eigenvalue weighted by atomic mass is 9.84. The molecular weight excluding hydrogens is 437 g/mol. The highest BCUT2D eigenvalue weighted by atomic mass is 19.1.